The van der Waals surface area contributed by atoms with Gasteiger partial charge in [0.05, 0.1) is 13.7 Å². The Morgan fingerprint density at radius 2 is 2.32 bits per heavy atom. The first-order valence-corrected chi connectivity index (χ1v) is 6.25. The van der Waals surface area contributed by atoms with Crippen LogP contribution in [0.5, 0.6) is 5.75 Å². The van der Waals surface area contributed by atoms with E-state index in [4.69, 9.17) is 4.74 Å². The number of carbonyl (C=O) groups excluding carboxylic acids is 1. The van der Waals surface area contributed by atoms with Crippen LogP contribution < -0.4 is 10.2 Å². The van der Waals surface area contributed by atoms with Crippen LogP contribution in [0.15, 0.2) is 29.4 Å². The molecule has 6 nitrogen and oxygen atoms in total. The van der Waals surface area contributed by atoms with Crippen LogP contribution in [0.3, 0.4) is 0 Å². The molecule has 0 bridgehead atoms. The zero-order chi connectivity index (χ0) is 13.2. The summed E-state index contributed by atoms with van der Waals surface area (Å²) < 4.78 is 5.15. The number of hydrogen-bond acceptors (Lipinski definition) is 5. The largest absolute Gasteiger partial charge is 0.497 e. The van der Waals surface area contributed by atoms with Gasteiger partial charge in [-0.3, -0.25) is 10.2 Å². The number of fused-ring (bicyclic) bond motifs is 1. The third-order valence-electron chi connectivity index (χ3n) is 3.41. The van der Waals surface area contributed by atoms with Gasteiger partial charge in [0.2, 0.25) is 0 Å². The molecule has 1 saturated heterocycles. The first-order chi connectivity index (χ1) is 9.28. The van der Waals surface area contributed by atoms with Crippen molar-refractivity contribution in [3.8, 4) is 5.75 Å². The summed E-state index contributed by atoms with van der Waals surface area (Å²) in [4.78, 5) is 16.4. The number of amides is 1. The van der Waals surface area contributed by atoms with Crippen LogP contribution in [0, 0.1) is 0 Å². The molecule has 3 rings (SSSR count). The third-order valence-corrected chi connectivity index (χ3v) is 3.41. The molecule has 6 heteroatoms. The van der Waals surface area contributed by atoms with Gasteiger partial charge in [-0.05, 0) is 18.2 Å². The number of ether oxygens (including phenoxy) is 1. The number of hydrogen-bond donors (Lipinski definition) is 1. The minimum Gasteiger partial charge on any atom is -0.497 e. The van der Waals surface area contributed by atoms with Gasteiger partial charge in [-0.2, -0.15) is 5.10 Å². The summed E-state index contributed by atoms with van der Waals surface area (Å²) in [6.45, 7) is 2.85. The lowest BCUT2D eigenvalue weighted by molar-refractivity contribution is 0.0748. The minimum absolute atomic E-state index is 0.0214. The van der Waals surface area contributed by atoms with Gasteiger partial charge in [-0.25, -0.2) is 0 Å². The van der Waals surface area contributed by atoms with E-state index < -0.39 is 0 Å². The second kappa shape index (κ2) is 4.79. The maximum atomic E-state index is 12.4. The van der Waals surface area contributed by atoms with E-state index in [1.807, 2.05) is 23.1 Å². The highest BCUT2D eigenvalue weighted by atomic mass is 16.5. The van der Waals surface area contributed by atoms with Crippen molar-refractivity contribution >= 4 is 11.7 Å². The molecule has 100 valence electrons. The SMILES string of the molecule is COc1cccc(C(=O)N2CCN3CNN=C3C2)c1. The molecule has 1 aromatic carbocycles. The molecule has 2 aliphatic heterocycles. The summed E-state index contributed by atoms with van der Waals surface area (Å²) in [5.41, 5.74) is 3.59. The zero-order valence-corrected chi connectivity index (χ0v) is 10.8. The van der Waals surface area contributed by atoms with Gasteiger partial charge in [0.15, 0.2) is 0 Å². The molecule has 2 aliphatic rings. The van der Waals surface area contributed by atoms with Gasteiger partial charge in [-0.1, -0.05) is 6.07 Å². The Morgan fingerprint density at radius 1 is 1.42 bits per heavy atom. The number of methoxy groups -OCH3 is 1. The number of benzene rings is 1. The molecule has 0 aliphatic carbocycles. The van der Waals surface area contributed by atoms with Gasteiger partial charge in [0.25, 0.3) is 5.91 Å². The van der Waals surface area contributed by atoms with E-state index in [0.717, 1.165) is 25.6 Å². The Labute approximate surface area is 111 Å². The molecule has 0 aromatic heterocycles. The van der Waals surface area contributed by atoms with Crippen LogP contribution in [0.1, 0.15) is 10.4 Å². The maximum Gasteiger partial charge on any atom is 0.254 e. The van der Waals surface area contributed by atoms with Crippen molar-refractivity contribution < 1.29 is 9.53 Å². The van der Waals surface area contributed by atoms with Crippen molar-refractivity contribution in [1.82, 2.24) is 15.2 Å². The van der Waals surface area contributed by atoms with Gasteiger partial charge in [-0.15, -0.1) is 0 Å². The van der Waals surface area contributed by atoms with Gasteiger partial charge >= 0.3 is 0 Å². The summed E-state index contributed by atoms with van der Waals surface area (Å²) in [5, 5.41) is 4.19. The molecule has 0 radical (unpaired) electrons. The van der Waals surface area contributed by atoms with Crippen LogP contribution in [0.25, 0.3) is 0 Å². The van der Waals surface area contributed by atoms with Crippen LogP contribution >= 0.6 is 0 Å². The maximum absolute atomic E-state index is 12.4. The van der Waals surface area contributed by atoms with Crippen molar-refractivity contribution in [1.29, 1.82) is 0 Å². The molecule has 1 aromatic rings. The Hall–Kier alpha value is -2.24. The summed E-state index contributed by atoms with van der Waals surface area (Å²) in [6.07, 6.45) is 0. The van der Waals surface area contributed by atoms with Crippen molar-refractivity contribution in [3.63, 3.8) is 0 Å². The molecule has 2 heterocycles. The molecular weight excluding hydrogens is 244 g/mol. The van der Waals surface area contributed by atoms with Crippen molar-refractivity contribution in [2.75, 3.05) is 33.4 Å². The standard InChI is InChI=1S/C13H16N4O2/c1-19-11-4-2-3-10(7-11)13(18)16-5-6-17-9-14-15-12(17)8-16/h2-4,7,14H,5-6,8-9H2,1H3. The van der Waals surface area contributed by atoms with E-state index in [1.165, 1.54) is 0 Å². The molecule has 0 saturated carbocycles. The normalized spacial score (nSPS) is 17.6. The topological polar surface area (TPSA) is 57.2 Å². The number of nitrogens with zero attached hydrogens (tertiary/aromatic N) is 3. The highest BCUT2D eigenvalue weighted by Gasteiger charge is 2.28. The van der Waals surface area contributed by atoms with E-state index in [0.29, 0.717) is 17.9 Å². The first-order valence-electron chi connectivity index (χ1n) is 6.25. The van der Waals surface area contributed by atoms with E-state index in [-0.39, 0.29) is 5.91 Å². The minimum atomic E-state index is 0.0214. The summed E-state index contributed by atoms with van der Waals surface area (Å²) >= 11 is 0. The summed E-state index contributed by atoms with van der Waals surface area (Å²) in [7, 11) is 1.60. The lowest BCUT2D eigenvalue weighted by Crippen LogP contribution is -2.50. The fraction of sp³-hybridized carbons (Fsp3) is 0.385. The highest BCUT2D eigenvalue weighted by Crippen LogP contribution is 2.16. The van der Waals surface area contributed by atoms with E-state index in [2.05, 4.69) is 15.4 Å². The van der Waals surface area contributed by atoms with Crippen LogP contribution in [-0.2, 0) is 0 Å². The highest BCUT2D eigenvalue weighted by molar-refractivity contribution is 5.98. The molecule has 0 atom stereocenters. The number of hydrazone groups is 1. The molecule has 1 fully saturated rings. The summed E-state index contributed by atoms with van der Waals surface area (Å²) in [5.74, 6) is 1.65. The zero-order valence-electron chi connectivity index (χ0n) is 10.8. The number of piperazine rings is 1. The lowest BCUT2D eigenvalue weighted by Gasteiger charge is -2.33. The fourth-order valence-corrected chi connectivity index (χ4v) is 2.32. The Balaban J connectivity index is 1.76. The lowest BCUT2D eigenvalue weighted by atomic mass is 10.1. The van der Waals surface area contributed by atoms with E-state index in [9.17, 15) is 4.79 Å². The Bertz CT molecular complexity index is 529. The van der Waals surface area contributed by atoms with Gasteiger partial charge < -0.3 is 14.5 Å². The number of rotatable bonds is 2. The molecule has 0 unspecified atom stereocenters. The molecule has 1 N–H and O–H groups in total. The van der Waals surface area contributed by atoms with Gasteiger partial charge in [0, 0.05) is 18.7 Å². The van der Waals surface area contributed by atoms with E-state index in [1.54, 1.807) is 13.2 Å². The number of nitrogens with one attached hydrogen (secondary N) is 1. The number of carbonyl (C=O) groups is 1. The second-order valence-electron chi connectivity index (χ2n) is 4.57. The van der Waals surface area contributed by atoms with Crippen LogP contribution in [0.4, 0.5) is 0 Å². The number of amidine groups is 1. The summed E-state index contributed by atoms with van der Waals surface area (Å²) in [6, 6.07) is 7.24. The first kappa shape index (κ1) is 11.8. The van der Waals surface area contributed by atoms with Crippen molar-refractivity contribution in [2.45, 2.75) is 0 Å². The Kier molecular flexibility index (Phi) is 2.98. The van der Waals surface area contributed by atoms with Crippen LogP contribution in [0.2, 0.25) is 0 Å². The molecule has 19 heavy (non-hydrogen) atoms. The Morgan fingerprint density at radius 3 is 3.16 bits per heavy atom. The monoisotopic (exact) mass is 260 g/mol. The predicted octanol–water partition coefficient (Wildman–Crippen LogP) is 0.327. The van der Waals surface area contributed by atoms with Crippen LogP contribution in [-0.4, -0.2) is 55.0 Å². The quantitative estimate of drug-likeness (QED) is 0.832. The van der Waals surface area contributed by atoms with Crippen molar-refractivity contribution in [2.24, 2.45) is 5.10 Å². The average Bonchev–Trinajstić information content (AvgIpc) is 2.94. The fourth-order valence-electron chi connectivity index (χ4n) is 2.32. The molecular formula is C13H16N4O2. The van der Waals surface area contributed by atoms with Crippen molar-refractivity contribution in [3.05, 3.63) is 29.8 Å². The van der Waals surface area contributed by atoms with E-state index >= 15 is 0 Å². The predicted molar refractivity (Wildman–Crippen MR) is 71.0 cm³/mol. The third kappa shape index (κ3) is 2.21. The molecule has 0 spiro atoms. The average molecular weight is 260 g/mol. The molecule has 1 amide bonds. The second-order valence-corrected chi connectivity index (χ2v) is 4.57. The van der Waals surface area contributed by atoms with Gasteiger partial charge in [0.1, 0.15) is 18.3 Å². The smallest absolute Gasteiger partial charge is 0.254 e.